The molecule has 0 aliphatic rings. The van der Waals surface area contributed by atoms with E-state index in [9.17, 15) is 9.59 Å². The lowest BCUT2D eigenvalue weighted by molar-refractivity contribution is -0.123. The van der Waals surface area contributed by atoms with Crippen LogP contribution in [-0.2, 0) is 4.79 Å². The van der Waals surface area contributed by atoms with Gasteiger partial charge in [-0.05, 0) is 42.3 Å². The molecule has 28 heavy (non-hydrogen) atoms. The van der Waals surface area contributed by atoms with Gasteiger partial charge in [-0.25, -0.2) is 0 Å². The Bertz CT molecular complexity index is 928. The lowest BCUT2D eigenvalue weighted by atomic mass is 10.0. The van der Waals surface area contributed by atoms with E-state index in [4.69, 9.17) is 5.73 Å². The van der Waals surface area contributed by atoms with Crippen molar-refractivity contribution < 1.29 is 9.59 Å². The molecule has 2 unspecified atom stereocenters. The van der Waals surface area contributed by atoms with Crippen molar-refractivity contribution in [3.8, 4) is 0 Å². The number of carbonyl (C=O) groups excluding carboxylic acids is 2. The third-order valence-corrected chi connectivity index (χ3v) is 4.41. The van der Waals surface area contributed by atoms with E-state index >= 15 is 0 Å². The second kappa shape index (κ2) is 8.92. The minimum Gasteiger partial charge on any atom is -0.348 e. The molecule has 0 saturated carbocycles. The maximum Gasteiger partial charge on any atom is 0.255 e. The number of pyridine rings is 1. The number of anilines is 1. The van der Waals surface area contributed by atoms with Crippen molar-refractivity contribution in [1.82, 2.24) is 10.3 Å². The first-order valence-electron chi connectivity index (χ1n) is 8.97. The Kier molecular flexibility index (Phi) is 6.14. The zero-order valence-corrected chi connectivity index (χ0v) is 15.5. The Morgan fingerprint density at radius 3 is 2.18 bits per heavy atom. The summed E-state index contributed by atoms with van der Waals surface area (Å²) in [6, 6.07) is 18.8. The van der Waals surface area contributed by atoms with Gasteiger partial charge in [0, 0.05) is 23.6 Å². The molecule has 0 fully saturated rings. The molecule has 0 radical (unpaired) electrons. The van der Waals surface area contributed by atoms with Crippen LogP contribution in [0.2, 0.25) is 0 Å². The highest BCUT2D eigenvalue weighted by Crippen LogP contribution is 2.17. The van der Waals surface area contributed by atoms with E-state index in [-0.39, 0.29) is 17.9 Å². The average Bonchev–Trinajstić information content (AvgIpc) is 2.74. The number of nitrogens with two attached hydrogens (primary N) is 1. The molecule has 142 valence electrons. The number of hydrogen-bond donors (Lipinski definition) is 3. The molecule has 4 N–H and O–H groups in total. The van der Waals surface area contributed by atoms with Gasteiger partial charge >= 0.3 is 0 Å². The highest BCUT2D eigenvalue weighted by atomic mass is 16.2. The fraction of sp³-hybridized carbons (Fsp3) is 0.136. The van der Waals surface area contributed by atoms with E-state index in [2.05, 4.69) is 15.6 Å². The Morgan fingerprint density at radius 1 is 0.893 bits per heavy atom. The number of nitrogens with one attached hydrogen (secondary N) is 2. The van der Waals surface area contributed by atoms with Crippen LogP contribution < -0.4 is 16.4 Å². The molecule has 0 spiro atoms. The molecule has 2 amide bonds. The zero-order chi connectivity index (χ0) is 19.9. The minimum absolute atomic E-state index is 0.208. The predicted molar refractivity (Wildman–Crippen MR) is 109 cm³/mol. The van der Waals surface area contributed by atoms with Gasteiger partial charge in [-0.3, -0.25) is 14.6 Å². The van der Waals surface area contributed by atoms with Crippen molar-refractivity contribution in [3.05, 3.63) is 95.8 Å². The summed E-state index contributed by atoms with van der Waals surface area (Å²) in [7, 11) is 0. The molecule has 2 aromatic carbocycles. The van der Waals surface area contributed by atoms with Crippen LogP contribution in [0, 0.1) is 0 Å². The van der Waals surface area contributed by atoms with E-state index in [0.29, 0.717) is 11.3 Å². The molecule has 2 atom stereocenters. The first-order chi connectivity index (χ1) is 13.5. The number of aromatic nitrogens is 1. The third-order valence-electron chi connectivity index (χ3n) is 4.41. The molecular weight excluding hydrogens is 352 g/mol. The fourth-order valence-electron chi connectivity index (χ4n) is 2.76. The van der Waals surface area contributed by atoms with Crippen molar-refractivity contribution in [1.29, 1.82) is 0 Å². The maximum absolute atomic E-state index is 12.4. The number of carbonyl (C=O) groups is 2. The predicted octanol–water partition coefficient (Wildman–Crippen LogP) is 3.21. The van der Waals surface area contributed by atoms with Gasteiger partial charge in [-0.2, -0.15) is 0 Å². The van der Waals surface area contributed by atoms with Crippen LogP contribution in [0.3, 0.4) is 0 Å². The van der Waals surface area contributed by atoms with Gasteiger partial charge < -0.3 is 16.4 Å². The summed E-state index contributed by atoms with van der Waals surface area (Å²) in [6.07, 6.45) is 3.23. The van der Waals surface area contributed by atoms with Crippen molar-refractivity contribution in [2.75, 3.05) is 5.32 Å². The Balaban J connectivity index is 1.61. The summed E-state index contributed by atoms with van der Waals surface area (Å²) < 4.78 is 0. The second-order valence-corrected chi connectivity index (χ2v) is 6.43. The maximum atomic E-state index is 12.4. The number of hydrogen-bond acceptors (Lipinski definition) is 4. The Labute approximate surface area is 163 Å². The van der Waals surface area contributed by atoms with Crippen LogP contribution in [0.15, 0.2) is 79.1 Å². The van der Waals surface area contributed by atoms with Crippen LogP contribution in [0.25, 0.3) is 0 Å². The number of rotatable bonds is 6. The van der Waals surface area contributed by atoms with Crippen molar-refractivity contribution in [2.45, 2.75) is 19.0 Å². The molecule has 0 saturated heterocycles. The topological polar surface area (TPSA) is 97.1 Å². The first kappa shape index (κ1) is 19.3. The van der Waals surface area contributed by atoms with E-state index in [0.717, 1.165) is 11.1 Å². The molecule has 3 aromatic rings. The largest absolute Gasteiger partial charge is 0.348 e. The average molecular weight is 374 g/mol. The van der Waals surface area contributed by atoms with Crippen LogP contribution in [0.1, 0.15) is 40.5 Å². The van der Waals surface area contributed by atoms with Crippen LogP contribution in [0.4, 0.5) is 5.69 Å². The van der Waals surface area contributed by atoms with E-state index in [1.807, 2.05) is 49.4 Å². The molecule has 0 aliphatic carbocycles. The summed E-state index contributed by atoms with van der Waals surface area (Å²) in [5.74, 6) is -0.459. The summed E-state index contributed by atoms with van der Waals surface area (Å²) >= 11 is 0. The van der Waals surface area contributed by atoms with Crippen molar-refractivity contribution in [2.24, 2.45) is 5.73 Å². The highest BCUT2D eigenvalue weighted by molar-refractivity contribution is 6.04. The molecule has 6 nitrogen and oxygen atoms in total. The van der Waals surface area contributed by atoms with Gasteiger partial charge in [0.1, 0.15) is 6.04 Å². The zero-order valence-electron chi connectivity index (χ0n) is 15.5. The Hall–Kier alpha value is -3.51. The molecule has 6 heteroatoms. The quantitative estimate of drug-likeness (QED) is 0.617. The van der Waals surface area contributed by atoms with Gasteiger partial charge in [-0.15, -0.1) is 0 Å². The smallest absolute Gasteiger partial charge is 0.255 e. The molecule has 0 aliphatic heterocycles. The lowest BCUT2D eigenvalue weighted by Crippen LogP contribution is -2.35. The SMILES string of the molecule is CC(NC(=O)C(N)c1ccccc1)c1ccc(C(=O)Nc2ccncc2)cc1. The van der Waals surface area contributed by atoms with Gasteiger partial charge in [-0.1, -0.05) is 42.5 Å². The summed E-state index contributed by atoms with van der Waals surface area (Å²) in [5, 5.41) is 5.72. The van der Waals surface area contributed by atoms with Crippen LogP contribution in [-0.4, -0.2) is 16.8 Å². The monoisotopic (exact) mass is 374 g/mol. The van der Waals surface area contributed by atoms with Crippen molar-refractivity contribution >= 4 is 17.5 Å². The van der Waals surface area contributed by atoms with Crippen molar-refractivity contribution in [3.63, 3.8) is 0 Å². The van der Waals surface area contributed by atoms with Gasteiger partial charge in [0.2, 0.25) is 5.91 Å². The molecular formula is C22H22N4O2. The third kappa shape index (κ3) is 4.81. The Morgan fingerprint density at radius 2 is 1.54 bits per heavy atom. The number of nitrogens with zero attached hydrogens (tertiary/aromatic N) is 1. The van der Waals surface area contributed by atoms with Gasteiger partial charge in [0.15, 0.2) is 0 Å². The van der Waals surface area contributed by atoms with E-state index < -0.39 is 6.04 Å². The number of amides is 2. The summed E-state index contributed by atoms with van der Waals surface area (Å²) in [6.45, 7) is 1.88. The molecule has 1 heterocycles. The molecule has 1 aromatic heterocycles. The minimum atomic E-state index is -0.728. The van der Waals surface area contributed by atoms with E-state index in [1.165, 1.54) is 0 Å². The second-order valence-electron chi connectivity index (χ2n) is 6.43. The van der Waals surface area contributed by atoms with Gasteiger partial charge in [0.05, 0.1) is 6.04 Å². The normalized spacial score (nSPS) is 12.6. The summed E-state index contributed by atoms with van der Waals surface area (Å²) in [4.78, 5) is 28.6. The number of benzene rings is 2. The lowest BCUT2D eigenvalue weighted by Gasteiger charge is -2.18. The van der Waals surface area contributed by atoms with Crippen LogP contribution in [0.5, 0.6) is 0 Å². The van der Waals surface area contributed by atoms with E-state index in [1.54, 1.807) is 36.7 Å². The first-order valence-corrected chi connectivity index (χ1v) is 8.97. The fourth-order valence-corrected chi connectivity index (χ4v) is 2.76. The van der Waals surface area contributed by atoms with Crippen LogP contribution >= 0.6 is 0 Å². The standard InChI is InChI=1S/C22H22N4O2/c1-15(25-22(28)20(23)17-5-3-2-4-6-17)16-7-9-18(10-8-16)21(27)26-19-11-13-24-14-12-19/h2-15,20H,23H2,1H3,(H,25,28)(H,24,26,27). The van der Waals surface area contributed by atoms with Gasteiger partial charge in [0.25, 0.3) is 5.91 Å². The molecule has 0 bridgehead atoms. The highest BCUT2D eigenvalue weighted by Gasteiger charge is 2.18. The summed E-state index contributed by atoms with van der Waals surface area (Å²) in [5.41, 5.74) is 8.88. The molecule has 3 rings (SSSR count).